The lowest BCUT2D eigenvalue weighted by Gasteiger charge is -2.38. The molecule has 2 unspecified atom stereocenters. The molecule has 2 aromatic heterocycles. The minimum absolute atomic E-state index is 0.0840. The second-order valence-corrected chi connectivity index (χ2v) is 9.40. The van der Waals surface area contributed by atoms with Gasteiger partial charge in [-0.3, -0.25) is 0 Å². The maximum Gasteiger partial charge on any atom is 0.227 e. The van der Waals surface area contributed by atoms with E-state index in [4.69, 9.17) is 14.8 Å². The Balaban J connectivity index is 1.62. The lowest BCUT2D eigenvalue weighted by Crippen LogP contribution is -2.32. The van der Waals surface area contributed by atoms with Gasteiger partial charge in [-0.1, -0.05) is 59.8 Å². The molecule has 7 heteroatoms. The Hall–Kier alpha value is -3.03. The van der Waals surface area contributed by atoms with Gasteiger partial charge in [0.1, 0.15) is 17.9 Å². The summed E-state index contributed by atoms with van der Waals surface area (Å²) in [6, 6.07) is 21.0. The lowest BCUT2D eigenvalue weighted by molar-refractivity contribution is 0.223. The highest BCUT2D eigenvalue weighted by Crippen LogP contribution is 2.51. The Labute approximate surface area is 188 Å². The van der Waals surface area contributed by atoms with Gasteiger partial charge in [0.2, 0.25) is 11.1 Å². The number of thioether (sulfide) groups is 1. The van der Waals surface area contributed by atoms with Gasteiger partial charge in [-0.2, -0.15) is 4.98 Å². The largest absolute Gasteiger partial charge is 0.480 e. The number of aryl methyl sites for hydroxylation is 1. The van der Waals surface area contributed by atoms with Crippen LogP contribution in [0.2, 0.25) is 0 Å². The van der Waals surface area contributed by atoms with Crippen LogP contribution in [0.4, 0.5) is 5.95 Å². The molecular weight excluding hydrogens is 424 g/mol. The third-order valence-corrected chi connectivity index (χ3v) is 7.20. The summed E-state index contributed by atoms with van der Waals surface area (Å²) in [6.45, 7) is 2.10. The number of thiophene rings is 1. The molecule has 0 bridgehead atoms. The van der Waals surface area contributed by atoms with Crippen molar-refractivity contribution in [3.63, 3.8) is 0 Å². The number of rotatable bonds is 3. The number of para-hydroxylation sites is 1. The predicted molar refractivity (Wildman–Crippen MR) is 126 cm³/mol. The third kappa shape index (κ3) is 2.99. The Morgan fingerprint density at radius 2 is 1.90 bits per heavy atom. The number of anilines is 1. The third-order valence-electron chi connectivity index (χ3n) is 5.74. The molecule has 1 N–H and O–H groups in total. The number of hydrogen-bond donors (Lipinski definition) is 1. The quantitative estimate of drug-likeness (QED) is 0.397. The first kappa shape index (κ1) is 18.7. The predicted octanol–water partition coefficient (Wildman–Crippen LogP) is 5.93. The van der Waals surface area contributed by atoms with Crippen molar-refractivity contribution in [2.45, 2.75) is 24.2 Å². The van der Waals surface area contributed by atoms with Gasteiger partial charge < -0.3 is 10.1 Å². The summed E-state index contributed by atoms with van der Waals surface area (Å²) < 4.78 is 8.65. The molecule has 2 aliphatic heterocycles. The summed E-state index contributed by atoms with van der Waals surface area (Å²) in [4.78, 5) is 5.95. The van der Waals surface area contributed by atoms with E-state index in [0.29, 0.717) is 0 Å². The van der Waals surface area contributed by atoms with Crippen molar-refractivity contribution in [3.8, 4) is 5.75 Å². The van der Waals surface area contributed by atoms with Crippen LogP contribution in [0.5, 0.6) is 5.75 Å². The summed E-state index contributed by atoms with van der Waals surface area (Å²) >= 11 is 3.28. The van der Waals surface area contributed by atoms with E-state index in [1.807, 2.05) is 29.1 Å². The van der Waals surface area contributed by atoms with Crippen molar-refractivity contribution in [1.82, 2.24) is 14.8 Å². The van der Waals surface area contributed by atoms with Crippen molar-refractivity contribution in [2.75, 3.05) is 11.6 Å². The van der Waals surface area contributed by atoms with Crippen LogP contribution < -0.4 is 10.1 Å². The van der Waals surface area contributed by atoms with Gasteiger partial charge in [0.25, 0.3) is 0 Å². The van der Waals surface area contributed by atoms with Gasteiger partial charge in [0, 0.05) is 16.0 Å². The molecule has 6 rings (SSSR count). The first-order valence-corrected chi connectivity index (χ1v) is 12.2. The monoisotopic (exact) mass is 444 g/mol. The van der Waals surface area contributed by atoms with Crippen molar-refractivity contribution >= 4 is 34.7 Å². The van der Waals surface area contributed by atoms with E-state index in [0.717, 1.165) is 39.3 Å². The van der Waals surface area contributed by atoms with E-state index in [-0.39, 0.29) is 12.1 Å². The van der Waals surface area contributed by atoms with Gasteiger partial charge >= 0.3 is 0 Å². The van der Waals surface area contributed by atoms with E-state index in [2.05, 4.69) is 60.1 Å². The first-order valence-electron chi connectivity index (χ1n) is 10.1. The SMILES string of the molecule is CSc1nc2n(n1)C(c1cccs1)C1=C(N2)c2ccccc2OC1c1ccc(C)cc1. The molecule has 4 aromatic rings. The standard InChI is InChI=1S/C24H20N4OS2/c1-14-9-11-15(12-10-14)22-19-20(16-6-3-4-7-17(16)29-22)25-23-26-24(30-2)27-28(23)21(19)18-8-5-13-31-18/h3-13,21-22H,1-2H3,(H,25,26,27). The maximum absolute atomic E-state index is 6.64. The van der Waals surface area contributed by atoms with Crippen LogP contribution in [0.25, 0.3) is 5.70 Å². The van der Waals surface area contributed by atoms with Gasteiger partial charge in [0.05, 0.1) is 5.70 Å². The van der Waals surface area contributed by atoms with E-state index in [1.165, 1.54) is 10.4 Å². The maximum atomic E-state index is 6.64. The Morgan fingerprint density at radius 3 is 2.68 bits per heavy atom. The summed E-state index contributed by atoms with van der Waals surface area (Å²) in [6.07, 6.45) is 1.78. The van der Waals surface area contributed by atoms with E-state index < -0.39 is 0 Å². The highest BCUT2D eigenvalue weighted by molar-refractivity contribution is 7.98. The van der Waals surface area contributed by atoms with E-state index in [9.17, 15) is 0 Å². The number of nitrogens with one attached hydrogen (secondary N) is 1. The zero-order valence-electron chi connectivity index (χ0n) is 17.1. The Bertz CT molecular complexity index is 1290. The Kier molecular flexibility index (Phi) is 4.40. The van der Waals surface area contributed by atoms with Gasteiger partial charge in [0.15, 0.2) is 0 Å². The van der Waals surface area contributed by atoms with Crippen LogP contribution in [0, 0.1) is 6.92 Å². The number of nitrogens with zero attached hydrogens (tertiary/aromatic N) is 3. The average molecular weight is 445 g/mol. The number of aromatic nitrogens is 3. The second-order valence-electron chi connectivity index (χ2n) is 7.64. The van der Waals surface area contributed by atoms with Crippen molar-refractivity contribution in [3.05, 3.63) is 93.2 Å². The van der Waals surface area contributed by atoms with Crippen LogP contribution in [0.1, 0.15) is 33.7 Å². The zero-order valence-corrected chi connectivity index (χ0v) is 18.7. The van der Waals surface area contributed by atoms with Gasteiger partial charge in [-0.05, 0) is 42.3 Å². The summed E-state index contributed by atoms with van der Waals surface area (Å²) in [5, 5.41) is 11.3. The fraction of sp³-hybridized carbons (Fsp3) is 0.167. The molecule has 154 valence electrons. The number of fused-ring (bicyclic) bond motifs is 3. The number of ether oxygens (including phenoxy) is 1. The average Bonchev–Trinajstić information content (AvgIpc) is 3.47. The molecule has 2 atom stereocenters. The van der Waals surface area contributed by atoms with Crippen LogP contribution in [0.15, 0.2) is 76.8 Å². The smallest absolute Gasteiger partial charge is 0.227 e. The number of benzene rings is 2. The van der Waals surface area contributed by atoms with E-state index in [1.54, 1.807) is 23.1 Å². The normalized spacial score (nSPS) is 19.2. The van der Waals surface area contributed by atoms with Crippen LogP contribution in [0.3, 0.4) is 0 Å². The molecule has 0 spiro atoms. The molecule has 0 saturated heterocycles. The summed E-state index contributed by atoms with van der Waals surface area (Å²) in [5.41, 5.74) is 5.65. The van der Waals surface area contributed by atoms with Gasteiger partial charge in [-0.25, -0.2) is 4.68 Å². The minimum atomic E-state index is -0.222. The molecule has 0 aliphatic carbocycles. The van der Waals surface area contributed by atoms with E-state index >= 15 is 0 Å². The zero-order chi connectivity index (χ0) is 20.9. The molecule has 4 heterocycles. The van der Waals surface area contributed by atoms with Crippen LogP contribution in [-0.4, -0.2) is 21.0 Å². The molecule has 0 fully saturated rings. The molecule has 0 amide bonds. The first-order chi connectivity index (χ1) is 15.2. The highest BCUT2D eigenvalue weighted by atomic mass is 32.2. The highest BCUT2D eigenvalue weighted by Gasteiger charge is 2.41. The molecule has 31 heavy (non-hydrogen) atoms. The molecule has 2 aliphatic rings. The Morgan fingerprint density at radius 1 is 1.06 bits per heavy atom. The fourth-order valence-corrected chi connectivity index (χ4v) is 5.46. The molecule has 5 nitrogen and oxygen atoms in total. The topological polar surface area (TPSA) is 52.0 Å². The molecule has 0 saturated carbocycles. The fourth-order valence-electron chi connectivity index (χ4n) is 4.28. The molecular formula is C24H20N4OS2. The summed E-state index contributed by atoms with van der Waals surface area (Å²) in [7, 11) is 0. The molecule has 0 radical (unpaired) electrons. The van der Waals surface area contributed by atoms with Crippen molar-refractivity contribution in [2.24, 2.45) is 0 Å². The van der Waals surface area contributed by atoms with Crippen LogP contribution >= 0.6 is 23.1 Å². The van der Waals surface area contributed by atoms with Crippen molar-refractivity contribution in [1.29, 1.82) is 0 Å². The van der Waals surface area contributed by atoms with Gasteiger partial charge in [-0.15, -0.1) is 16.4 Å². The summed E-state index contributed by atoms with van der Waals surface area (Å²) in [5.74, 6) is 1.64. The van der Waals surface area contributed by atoms with Crippen LogP contribution in [-0.2, 0) is 0 Å². The molecule has 2 aromatic carbocycles. The lowest BCUT2D eigenvalue weighted by atomic mass is 9.87. The second kappa shape index (κ2) is 7.28. The van der Waals surface area contributed by atoms with Crippen molar-refractivity contribution < 1.29 is 4.74 Å². The number of hydrogen-bond acceptors (Lipinski definition) is 6. The minimum Gasteiger partial charge on any atom is -0.480 e.